The molecule has 0 saturated heterocycles. The van der Waals surface area contributed by atoms with Gasteiger partial charge in [0.2, 0.25) is 0 Å². The van der Waals surface area contributed by atoms with E-state index in [-0.39, 0.29) is 26.1 Å². The van der Waals surface area contributed by atoms with E-state index in [2.05, 4.69) is 80.7 Å². The molecule has 0 spiro atoms. The Morgan fingerprint density at radius 1 is 0.554 bits per heavy atom. The molecule has 0 aromatic heterocycles. The van der Waals surface area contributed by atoms with Crippen LogP contribution in [0.15, 0.2) is 72.9 Å². The van der Waals surface area contributed by atoms with E-state index in [1.165, 1.54) is 51.4 Å². The molecule has 0 aromatic rings. The van der Waals surface area contributed by atoms with E-state index < -0.39 is 32.5 Å². The summed E-state index contributed by atoms with van der Waals surface area (Å²) in [6.45, 7) is 4.26. The van der Waals surface area contributed by atoms with Gasteiger partial charge in [0.25, 0.3) is 0 Å². The Hall–Kier alpha value is -2.55. The summed E-state index contributed by atoms with van der Waals surface area (Å²) < 4.78 is 34.2. The van der Waals surface area contributed by atoms with Crippen molar-refractivity contribution in [3.8, 4) is 0 Å². The van der Waals surface area contributed by atoms with Gasteiger partial charge >= 0.3 is 19.8 Å². The number of hydrogen-bond donors (Lipinski definition) is 1. The average molecular weight is 807 g/mol. The molecule has 0 fully saturated rings. The van der Waals surface area contributed by atoms with Gasteiger partial charge in [-0.2, -0.15) is 0 Å². The van der Waals surface area contributed by atoms with Crippen LogP contribution >= 0.6 is 7.82 Å². The van der Waals surface area contributed by atoms with E-state index in [9.17, 15) is 19.0 Å². The Balaban J connectivity index is 4.52. The number of ether oxygens (including phenoxy) is 2. The average Bonchev–Trinajstić information content (AvgIpc) is 3.15. The Kier molecular flexibility index (Phi) is 36.3. The molecular formula is C46H81NO8P+. The number of carbonyl (C=O) groups excluding carboxylic acids is 2. The Morgan fingerprint density at radius 3 is 1.48 bits per heavy atom. The first-order chi connectivity index (χ1) is 27.0. The first-order valence-electron chi connectivity index (χ1n) is 21.7. The summed E-state index contributed by atoms with van der Waals surface area (Å²) in [6.07, 6.45) is 46.7. The van der Waals surface area contributed by atoms with Crippen LogP contribution in [0.1, 0.15) is 155 Å². The predicted molar refractivity (Wildman–Crippen MR) is 233 cm³/mol. The van der Waals surface area contributed by atoms with Gasteiger partial charge in [-0.3, -0.25) is 18.6 Å². The summed E-state index contributed by atoms with van der Waals surface area (Å²) in [6, 6.07) is 0. The second-order valence-electron chi connectivity index (χ2n) is 15.4. The molecule has 0 rings (SSSR count). The predicted octanol–water partition coefficient (Wildman–Crippen LogP) is 12.2. The summed E-state index contributed by atoms with van der Waals surface area (Å²) in [5, 5.41) is 0. The molecule has 0 bridgehead atoms. The second-order valence-corrected chi connectivity index (χ2v) is 16.8. The number of allylic oxidation sites excluding steroid dienone is 12. The van der Waals surface area contributed by atoms with Crippen LogP contribution in [-0.4, -0.2) is 74.9 Å². The highest BCUT2D eigenvalue weighted by Crippen LogP contribution is 2.43. The van der Waals surface area contributed by atoms with Crippen LogP contribution in [0.3, 0.4) is 0 Å². The molecule has 2 unspecified atom stereocenters. The van der Waals surface area contributed by atoms with Crippen molar-refractivity contribution < 1.29 is 42.1 Å². The maximum absolute atomic E-state index is 12.7. The first kappa shape index (κ1) is 53.5. The van der Waals surface area contributed by atoms with Crippen LogP contribution in [0.5, 0.6) is 0 Å². The fourth-order valence-electron chi connectivity index (χ4n) is 5.27. The van der Waals surface area contributed by atoms with Crippen LogP contribution in [-0.2, 0) is 32.7 Å². The number of carbonyl (C=O) groups is 2. The summed E-state index contributed by atoms with van der Waals surface area (Å²) in [5.74, 6) is -0.887. The van der Waals surface area contributed by atoms with Gasteiger partial charge in [0.05, 0.1) is 27.7 Å². The number of nitrogens with zero attached hydrogens (tertiary/aromatic N) is 1. The minimum atomic E-state index is -4.40. The van der Waals surface area contributed by atoms with Gasteiger partial charge < -0.3 is 18.9 Å². The number of phosphoric ester groups is 1. The molecule has 10 heteroatoms. The minimum Gasteiger partial charge on any atom is -0.462 e. The van der Waals surface area contributed by atoms with Crippen molar-refractivity contribution in [2.45, 2.75) is 161 Å². The highest BCUT2D eigenvalue weighted by molar-refractivity contribution is 7.47. The third kappa shape index (κ3) is 41.1. The van der Waals surface area contributed by atoms with Crippen LogP contribution in [0.4, 0.5) is 0 Å². The minimum absolute atomic E-state index is 0.0156. The van der Waals surface area contributed by atoms with E-state index in [1.807, 2.05) is 27.2 Å². The van der Waals surface area contributed by atoms with E-state index in [1.54, 1.807) is 0 Å². The standard InChI is InChI=1S/C46H80NO8P/c1-6-8-10-12-14-16-18-20-22-23-25-27-29-31-33-35-37-39-46(49)55-44(43-54-56(50,51)53-41-40-47(3,4)5)42-52-45(48)38-36-34-32-30-28-26-24-21-19-17-15-13-11-9-7-2/h14-17,20-22,24-25,27,31,33,44H,6-13,18-19,23,26,28-30,32,34-43H2,1-5H3/p+1/b16-14-,17-15-,22-20-,24-21-,27-25-,33-31-. The second kappa shape index (κ2) is 38.0. The van der Waals surface area contributed by atoms with Gasteiger partial charge in [-0.15, -0.1) is 0 Å². The topological polar surface area (TPSA) is 108 Å². The van der Waals surface area contributed by atoms with Gasteiger partial charge in [-0.05, 0) is 83.5 Å². The molecule has 0 radical (unpaired) electrons. The zero-order valence-corrected chi connectivity index (χ0v) is 37.0. The molecule has 0 aliphatic carbocycles. The highest BCUT2D eigenvalue weighted by atomic mass is 31.2. The van der Waals surface area contributed by atoms with E-state index >= 15 is 0 Å². The van der Waals surface area contributed by atoms with Crippen molar-refractivity contribution in [1.82, 2.24) is 0 Å². The van der Waals surface area contributed by atoms with Crippen molar-refractivity contribution in [1.29, 1.82) is 0 Å². The Labute approximate surface area is 342 Å². The van der Waals surface area contributed by atoms with Crippen molar-refractivity contribution in [2.24, 2.45) is 0 Å². The Morgan fingerprint density at radius 2 is 0.982 bits per heavy atom. The maximum atomic E-state index is 12.7. The van der Waals surface area contributed by atoms with E-state index in [0.717, 1.165) is 57.8 Å². The number of hydrogen-bond acceptors (Lipinski definition) is 7. The molecule has 0 saturated carbocycles. The zero-order chi connectivity index (χ0) is 41.4. The van der Waals surface area contributed by atoms with Gasteiger partial charge in [0.1, 0.15) is 19.8 Å². The van der Waals surface area contributed by atoms with Crippen LogP contribution in [0.2, 0.25) is 0 Å². The van der Waals surface area contributed by atoms with Crippen LogP contribution in [0.25, 0.3) is 0 Å². The molecule has 1 N–H and O–H groups in total. The molecule has 2 atom stereocenters. The van der Waals surface area contributed by atoms with Crippen molar-refractivity contribution in [3.05, 3.63) is 72.9 Å². The quantitative estimate of drug-likeness (QED) is 0.0216. The third-order valence-electron chi connectivity index (χ3n) is 8.71. The molecule has 9 nitrogen and oxygen atoms in total. The number of esters is 2. The molecule has 0 aromatic carbocycles. The van der Waals surface area contributed by atoms with Crippen LogP contribution in [0, 0.1) is 0 Å². The molecule has 0 amide bonds. The van der Waals surface area contributed by atoms with E-state index in [4.69, 9.17) is 18.5 Å². The molecule has 0 heterocycles. The third-order valence-corrected chi connectivity index (χ3v) is 9.69. The number of rotatable bonds is 38. The smallest absolute Gasteiger partial charge is 0.462 e. The molecule has 0 aliphatic rings. The number of likely N-dealkylation sites (N-methyl/N-ethyl adjacent to an activating group) is 1. The Bertz CT molecular complexity index is 1180. The molecule has 0 aliphatic heterocycles. The van der Waals surface area contributed by atoms with Crippen molar-refractivity contribution >= 4 is 19.8 Å². The normalized spacial score (nSPS) is 14.3. The molecule has 322 valence electrons. The zero-order valence-electron chi connectivity index (χ0n) is 36.1. The first-order valence-corrected chi connectivity index (χ1v) is 23.2. The van der Waals surface area contributed by atoms with Crippen molar-refractivity contribution in [2.75, 3.05) is 47.5 Å². The largest absolute Gasteiger partial charge is 0.472 e. The fraction of sp³-hybridized carbons (Fsp3) is 0.696. The summed E-state index contributed by atoms with van der Waals surface area (Å²) in [7, 11) is 1.42. The monoisotopic (exact) mass is 807 g/mol. The lowest BCUT2D eigenvalue weighted by atomic mass is 10.1. The van der Waals surface area contributed by atoms with Gasteiger partial charge in [0, 0.05) is 12.8 Å². The number of quaternary nitrogens is 1. The summed E-state index contributed by atoms with van der Waals surface area (Å²) in [5.41, 5.74) is 0. The lowest BCUT2D eigenvalue weighted by Gasteiger charge is -2.24. The summed E-state index contributed by atoms with van der Waals surface area (Å²) >= 11 is 0. The number of unbranched alkanes of at least 4 members (excludes halogenated alkanes) is 12. The lowest BCUT2D eigenvalue weighted by molar-refractivity contribution is -0.870. The summed E-state index contributed by atoms with van der Waals surface area (Å²) in [4.78, 5) is 35.3. The van der Waals surface area contributed by atoms with E-state index in [0.29, 0.717) is 30.3 Å². The fourth-order valence-corrected chi connectivity index (χ4v) is 6.01. The van der Waals surface area contributed by atoms with Gasteiger partial charge in [-0.25, -0.2) is 4.57 Å². The number of phosphoric acid groups is 1. The lowest BCUT2D eigenvalue weighted by Crippen LogP contribution is -2.37. The van der Waals surface area contributed by atoms with Gasteiger partial charge in [-0.1, -0.05) is 132 Å². The van der Waals surface area contributed by atoms with Crippen LogP contribution < -0.4 is 0 Å². The molecular weight excluding hydrogens is 725 g/mol. The SMILES string of the molecule is CCCCC/C=C\C/C=C\C/C=C\C/C=C\CCCC(=O)OC(COC(=O)CCCCCCC/C=C\C/C=C\CCCCC)COP(=O)(O)OCC[N+](C)(C)C. The van der Waals surface area contributed by atoms with Gasteiger partial charge in [0.15, 0.2) is 6.10 Å². The molecule has 56 heavy (non-hydrogen) atoms. The maximum Gasteiger partial charge on any atom is 0.472 e. The highest BCUT2D eigenvalue weighted by Gasteiger charge is 2.27. The van der Waals surface area contributed by atoms with Crippen molar-refractivity contribution in [3.63, 3.8) is 0 Å².